The number of rotatable bonds is 0. The number of fused-ring (bicyclic) bond motifs is 2. The maximum Gasteiger partial charge on any atom is 0.00870 e. The Labute approximate surface area is 50.5 Å². The van der Waals surface area contributed by atoms with Crippen molar-refractivity contribution in [3.63, 3.8) is 0 Å². The van der Waals surface area contributed by atoms with E-state index in [0.717, 1.165) is 18.0 Å². The van der Waals surface area contributed by atoms with Gasteiger partial charge >= 0.3 is 0 Å². The predicted molar refractivity (Wildman–Crippen MR) is 33.7 cm³/mol. The molecule has 0 radical (unpaired) electrons. The van der Waals surface area contributed by atoms with Gasteiger partial charge in [-0.1, -0.05) is 6.92 Å². The zero-order valence-corrected chi connectivity index (χ0v) is 5.35. The van der Waals surface area contributed by atoms with E-state index in [4.69, 9.17) is 0 Å². The summed E-state index contributed by atoms with van der Waals surface area (Å²) in [5.74, 6) is 1.000. The van der Waals surface area contributed by atoms with Gasteiger partial charge < -0.3 is 5.32 Å². The van der Waals surface area contributed by atoms with E-state index in [-0.39, 0.29) is 0 Å². The third kappa shape index (κ3) is 0.576. The fourth-order valence-electron chi connectivity index (χ4n) is 2.05. The monoisotopic (exact) mass is 111 g/mol. The Hall–Kier alpha value is -0.0400. The van der Waals surface area contributed by atoms with E-state index in [1.807, 2.05) is 0 Å². The fourth-order valence-corrected chi connectivity index (χ4v) is 2.05. The third-order valence-electron chi connectivity index (χ3n) is 2.41. The molecule has 0 spiro atoms. The molecule has 46 valence electrons. The van der Waals surface area contributed by atoms with Gasteiger partial charge in [0, 0.05) is 12.1 Å². The van der Waals surface area contributed by atoms with E-state index < -0.39 is 0 Å². The average molecular weight is 111 g/mol. The Morgan fingerprint density at radius 1 is 1.12 bits per heavy atom. The molecular formula is C7H13N. The highest BCUT2D eigenvalue weighted by Crippen LogP contribution is 2.31. The molecule has 3 aliphatic rings. The van der Waals surface area contributed by atoms with Gasteiger partial charge in [-0.2, -0.15) is 0 Å². The maximum atomic E-state index is 3.51. The van der Waals surface area contributed by atoms with Crippen molar-refractivity contribution in [1.29, 1.82) is 0 Å². The minimum atomic E-state index is 0.906. The molecule has 2 saturated heterocycles. The largest absolute Gasteiger partial charge is 0.311 e. The summed E-state index contributed by atoms with van der Waals surface area (Å²) in [4.78, 5) is 0. The summed E-state index contributed by atoms with van der Waals surface area (Å²) >= 11 is 0. The molecule has 2 bridgehead atoms. The van der Waals surface area contributed by atoms with Crippen LogP contribution < -0.4 is 5.32 Å². The zero-order valence-electron chi connectivity index (χ0n) is 5.35. The molecule has 3 atom stereocenters. The molecule has 2 heterocycles. The van der Waals surface area contributed by atoms with Gasteiger partial charge in [0.15, 0.2) is 0 Å². The van der Waals surface area contributed by atoms with Crippen LogP contribution in [-0.2, 0) is 0 Å². The van der Waals surface area contributed by atoms with Crippen molar-refractivity contribution in [2.75, 3.05) is 0 Å². The molecular weight excluding hydrogens is 98.1 g/mol. The van der Waals surface area contributed by atoms with Gasteiger partial charge in [-0.15, -0.1) is 0 Å². The first-order valence-corrected chi connectivity index (χ1v) is 3.60. The molecule has 1 unspecified atom stereocenters. The summed E-state index contributed by atoms with van der Waals surface area (Å²) in [5.41, 5.74) is 0. The lowest BCUT2D eigenvalue weighted by Crippen LogP contribution is -2.57. The summed E-state index contributed by atoms with van der Waals surface area (Å²) in [7, 11) is 0. The Morgan fingerprint density at radius 3 is 1.88 bits per heavy atom. The van der Waals surface area contributed by atoms with Crippen LogP contribution in [0.3, 0.4) is 0 Å². The van der Waals surface area contributed by atoms with Gasteiger partial charge in [-0.3, -0.25) is 0 Å². The van der Waals surface area contributed by atoms with Gasteiger partial charge in [0.2, 0.25) is 0 Å². The third-order valence-corrected chi connectivity index (χ3v) is 2.41. The number of hydrogen-bond acceptors (Lipinski definition) is 1. The predicted octanol–water partition coefficient (Wildman–Crippen LogP) is 1.15. The first-order valence-electron chi connectivity index (χ1n) is 3.60. The van der Waals surface area contributed by atoms with Crippen LogP contribution in [-0.4, -0.2) is 12.1 Å². The maximum absolute atomic E-state index is 3.51. The molecule has 0 aromatic carbocycles. The summed E-state index contributed by atoms with van der Waals surface area (Å²) in [6, 6.07) is 1.81. The second-order valence-electron chi connectivity index (χ2n) is 3.37. The summed E-state index contributed by atoms with van der Waals surface area (Å²) in [6.45, 7) is 2.36. The summed E-state index contributed by atoms with van der Waals surface area (Å²) in [5, 5.41) is 3.51. The molecule has 1 saturated carbocycles. The molecule has 0 aromatic rings. The van der Waals surface area contributed by atoms with E-state index >= 15 is 0 Å². The normalized spacial score (nSPS) is 52.9. The highest BCUT2D eigenvalue weighted by atomic mass is 15.0. The number of piperidine rings is 1. The standard InChI is InChI=1S/C7H13N/c1-5-2-6-4-7(3-5)8-6/h5-8H,2-4H2,1H3/t5-,6-,7?/m0/s1. The van der Waals surface area contributed by atoms with Crippen LogP contribution in [0.15, 0.2) is 0 Å². The molecule has 8 heavy (non-hydrogen) atoms. The van der Waals surface area contributed by atoms with Crippen LogP contribution in [0, 0.1) is 5.92 Å². The molecule has 1 aliphatic carbocycles. The lowest BCUT2D eigenvalue weighted by molar-refractivity contribution is 0.137. The topological polar surface area (TPSA) is 12.0 Å². The molecule has 3 rings (SSSR count). The van der Waals surface area contributed by atoms with Crippen molar-refractivity contribution in [1.82, 2.24) is 5.32 Å². The number of nitrogens with one attached hydrogen (secondary N) is 1. The molecule has 1 heteroatoms. The SMILES string of the molecule is C[C@@H]1CC2C[C@H](C1)N2. The Morgan fingerprint density at radius 2 is 1.62 bits per heavy atom. The van der Waals surface area contributed by atoms with Crippen molar-refractivity contribution in [3.8, 4) is 0 Å². The van der Waals surface area contributed by atoms with E-state index in [0.29, 0.717) is 0 Å². The van der Waals surface area contributed by atoms with Crippen molar-refractivity contribution in [3.05, 3.63) is 0 Å². The molecule has 1 nitrogen and oxygen atoms in total. The molecule has 0 aromatic heterocycles. The second kappa shape index (κ2) is 1.47. The molecule has 2 aliphatic heterocycles. The summed E-state index contributed by atoms with van der Waals surface area (Å²) in [6.07, 6.45) is 4.32. The van der Waals surface area contributed by atoms with Gasteiger partial charge in [0.1, 0.15) is 0 Å². The Balaban J connectivity index is 1.97. The van der Waals surface area contributed by atoms with Crippen LogP contribution >= 0.6 is 0 Å². The quantitative estimate of drug-likeness (QED) is 0.494. The Bertz CT molecular complexity index is 84.6. The van der Waals surface area contributed by atoms with Crippen LogP contribution in [0.4, 0.5) is 0 Å². The van der Waals surface area contributed by atoms with Gasteiger partial charge in [-0.25, -0.2) is 0 Å². The Kier molecular flexibility index (Phi) is 0.884. The van der Waals surface area contributed by atoms with Crippen molar-refractivity contribution < 1.29 is 0 Å². The van der Waals surface area contributed by atoms with E-state index in [1.165, 1.54) is 19.3 Å². The van der Waals surface area contributed by atoms with Gasteiger partial charge in [0.05, 0.1) is 0 Å². The molecule has 3 fully saturated rings. The van der Waals surface area contributed by atoms with Crippen LogP contribution in [0.5, 0.6) is 0 Å². The van der Waals surface area contributed by atoms with E-state index in [1.54, 1.807) is 0 Å². The van der Waals surface area contributed by atoms with Crippen LogP contribution in [0.2, 0.25) is 0 Å². The molecule has 1 N–H and O–H groups in total. The van der Waals surface area contributed by atoms with Crippen LogP contribution in [0.1, 0.15) is 26.2 Å². The fraction of sp³-hybridized carbons (Fsp3) is 1.00. The first kappa shape index (κ1) is 4.80. The van der Waals surface area contributed by atoms with Crippen molar-refractivity contribution >= 4 is 0 Å². The summed E-state index contributed by atoms with van der Waals surface area (Å²) < 4.78 is 0. The zero-order chi connectivity index (χ0) is 5.56. The van der Waals surface area contributed by atoms with Gasteiger partial charge in [0.25, 0.3) is 0 Å². The average Bonchev–Trinajstić information content (AvgIpc) is 1.62. The lowest BCUT2D eigenvalue weighted by atomic mass is 9.77. The first-order chi connectivity index (χ1) is 3.84. The number of hydrogen-bond donors (Lipinski definition) is 1. The van der Waals surface area contributed by atoms with E-state index in [2.05, 4.69) is 12.2 Å². The smallest absolute Gasteiger partial charge is 0.00870 e. The minimum absolute atomic E-state index is 0.906. The second-order valence-corrected chi connectivity index (χ2v) is 3.37. The lowest BCUT2D eigenvalue weighted by Gasteiger charge is -2.45. The van der Waals surface area contributed by atoms with Gasteiger partial charge in [-0.05, 0) is 25.2 Å². The highest BCUT2D eigenvalue weighted by Gasteiger charge is 2.35. The van der Waals surface area contributed by atoms with Crippen LogP contribution in [0.25, 0.3) is 0 Å². The minimum Gasteiger partial charge on any atom is -0.311 e. The van der Waals surface area contributed by atoms with Crippen molar-refractivity contribution in [2.45, 2.75) is 38.3 Å². The molecule has 0 amide bonds. The highest BCUT2D eigenvalue weighted by molar-refractivity contribution is 4.95. The van der Waals surface area contributed by atoms with E-state index in [9.17, 15) is 0 Å². The van der Waals surface area contributed by atoms with Crippen molar-refractivity contribution in [2.24, 2.45) is 5.92 Å².